The highest BCUT2D eigenvalue weighted by Gasteiger charge is 2.19. The Balaban J connectivity index is 1.19. The Kier molecular flexibility index (Phi) is 7.64. The number of carbonyl (C=O) groups is 1. The number of carbonyl (C=O) groups excluding carboxylic acids is 1. The van der Waals surface area contributed by atoms with Crippen LogP contribution in [0.15, 0.2) is 89.0 Å². The molecular weight excluding hydrogens is 490 g/mol. The monoisotopic (exact) mass is 519 g/mol. The lowest BCUT2D eigenvalue weighted by atomic mass is 10.0. The number of ketones is 1. The van der Waals surface area contributed by atoms with Crippen LogP contribution in [0.4, 0.5) is 0 Å². The molecule has 0 bridgehead atoms. The number of aromatic nitrogens is 2. The smallest absolute Gasteiger partial charge is 0.206 e. The summed E-state index contributed by atoms with van der Waals surface area (Å²) in [5.74, 6) is 0.552. The fourth-order valence-electron chi connectivity index (χ4n) is 4.31. The molecule has 1 saturated heterocycles. The van der Waals surface area contributed by atoms with Crippen LogP contribution in [-0.2, 0) is 21.0 Å². The first kappa shape index (κ1) is 25.1. The summed E-state index contributed by atoms with van der Waals surface area (Å²) in [5.41, 5.74) is 2.31. The molecule has 0 unspecified atom stereocenters. The van der Waals surface area contributed by atoms with Crippen LogP contribution in [0.5, 0.6) is 5.75 Å². The van der Waals surface area contributed by atoms with Gasteiger partial charge in [-0.25, -0.2) is 13.4 Å². The topological polar surface area (TPSA) is 90.2 Å². The van der Waals surface area contributed by atoms with Crippen molar-refractivity contribution in [3.05, 3.63) is 90.4 Å². The normalized spacial score (nSPS) is 14.6. The lowest BCUT2D eigenvalue weighted by Gasteiger charge is -2.26. The first-order valence-electron chi connectivity index (χ1n) is 12.3. The number of rotatable bonds is 10. The molecule has 0 amide bonds. The van der Waals surface area contributed by atoms with Gasteiger partial charge < -0.3 is 13.9 Å². The number of hydrogen-bond donors (Lipinski definition) is 0. The van der Waals surface area contributed by atoms with E-state index in [1.807, 2.05) is 10.5 Å². The van der Waals surface area contributed by atoms with Gasteiger partial charge in [-0.3, -0.25) is 9.69 Å². The molecule has 2 aromatic heterocycles. The molecule has 0 N–H and O–H groups in total. The number of Topliss-reactive ketones (excluding diaryl/α,β-unsaturated/α-hetero) is 1. The van der Waals surface area contributed by atoms with Gasteiger partial charge in [0.1, 0.15) is 18.0 Å². The molecular formula is C28H29N3O5S. The van der Waals surface area contributed by atoms with E-state index >= 15 is 0 Å². The summed E-state index contributed by atoms with van der Waals surface area (Å²) in [6.45, 7) is 4.46. The lowest BCUT2D eigenvalue weighted by Crippen LogP contribution is -2.38. The van der Waals surface area contributed by atoms with Crippen molar-refractivity contribution in [1.29, 1.82) is 0 Å². The van der Waals surface area contributed by atoms with Crippen molar-refractivity contribution in [2.75, 3.05) is 39.5 Å². The predicted molar refractivity (Wildman–Crippen MR) is 139 cm³/mol. The largest absolute Gasteiger partial charge is 0.492 e. The third kappa shape index (κ3) is 6.07. The quantitative estimate of drug-likeness (QED) is 0.295. The standard InChI is InChI=1S/C28H29N3O5S/c32-27(23-7-11-28-29-12-13-31(28)21-23)10-6-22-4-8-25(9-5-22)37(33,34)26-3-1-2-24(20-26)36-19-16-30-14-17-35-18-15-30/h1-5,7-9,11-13,20-21H,6,10,14-19H2. The molecule has 5 rings (SSSR count). The number of aryl methyl sites for hydroxylation is 1. The number of morpholine rings is 1. The third-order valence-corrected chi connectivity index (χ3v) is 8.25. The number of hydrogen-bond acceptors (Lipinski definition) is 7. The Morgan fingerprint density at radius 1 is 1.00 bits per heavy atom. The van der Waals surface area contributed by atoms with Crippen LogP contribution in [0.2, 0.25) is 0 Å². The minimum absolute atomic E-state index is 0.0257. The van der Waals surface area contributed by atoms with Crippen LogP contribution < -0.4 is 4.74 Å². The second-order valence-corrected chi connectivity index (χ2v) is 10.9. The number of nitrogens with zero attached hydrogens (tertiary/aromatic N) is 3. The van der Waals surface area contributed by atoms with Gasteiger partial charge in [-0.05, 0) is 54.4 Å². The van der Waals surface area contributed by atoms with E-state index in [0.717, 1.165) is 44.1 Å². The van der Waals surface area contributed by atoms with Gasteiger partial charge in [-0.2, -0.15) is 0 Å². The van der Waals surface area contributed by atoms with Gasteiger partial charge in [-0.15, -0.1) is 0 Å². The van der Waals surface area contributed by atoms with Gasteiger partial charge >= 0.3 is 0 Å². The van der Waals surface area contributed by atoms with E-state index in [9.17, 15) is 13.2 Å². The Labute approximate surface area is 216 Å². The van der Waals surface area contributed by atoms with Gasteiger partial charge in [0.2, 0.25) is 9.84 Å². The molecule has 9 heteroatoms. The van der Waals surface area contributed by atoms with Crippen molar-refractivity contribution in [3.8, 4) is 5.75 Å². The highest BCUT2D eigenvalue weighted by molar-refractivity contribution is 7.91. The molecule has 1 aliphatic heterocycles. The van der Waals surface area contributed by atoms with Crippen molar-refractivity contribution in [3.63, 3.8) is 0 Å². The zero-order valence-electron chi connectivity index (χ0n) is 20.5. The van der Waals surface area contributed by atoms with E-state index in [4.69, 9.17) is 9.47 Å². The first-order valence-corrected chi connectivity index (χ1v) is 13.8. The molecule has 0 spiro atoms. The van der Waals surface area contributed by atoms with Gasteiger partial charge in [-0.1, -0.05) is 18.2 Å². The second-order valence-electron chi connectivity index (χ2n) is 8.96. The van der Waals surface area contributed by atoms with Gasteiger partial charge in [0.25, 0.3) is 0 Å². The van der Waals surface area contributed by atoms with Crippen molar-refractivity contribution >= 4 is 21.3 Å². The van der Waals surface area contributed by atoms with Crippen molar-refractivity contribution in [1.82, 2.24) is 14.3 Å². The van der Waals surface area contributed by atoms with E-state index in [-0.39, 0.29) is 15.6 Å². The molecule has 0 saturated carbocycles. The summed E-state index contributed by atoms with van der Waals surface area (Å²) in [4.78, 5) is 19.5. The molecule has 1 fully saturated rings. The highest BCUT2D eigenvalue weighted by atomic mass is 32.2. The number of imidazole rings is 1. The SMILES string of the molecule is O=C(CCc1ccc(S(=O)(=O)c2cccc(OCCN3CCOCC3)c2)cc1)c1ccc2nccn2c1. The lowest BCUT2D eigenvalue weighted by molar-refractivity contribution is 0.0322. The van der Waals surface area contributed by atoms with E-state index in [1.54, 1.807) is 73.2 Å². The molecule has 0 atom stereocenters. The van der Waals surface area contributed by atoms with E-state index < -0.39 is 9.84 Å². The van der Waals surface area contributed by atoms with Crippen LogP contribution in [0.1, 0.15) is 22.3 Å². The predicted octanol–water partition coefficient (Wildman–Crippen LogP) is 3.69. The van der Waals surface area contributed by atoms with E-state index in [2.05, 4.69) is 9.88 Å². The molecule has 1 aliphatic rings. The molecule has 0 radical (unpaired) electrons. The number of fused-ring (bicyclic) bond motifs is 1. The summed E-state index contributed by atoms with van der Waals surface area (Å²) in [6, 6.07) is 16.9. The fraction of sp³-hybridized carbons (Fsp3) is 0.286. The Morgan fingerprint density at radius 3 is 2.62 bits per heavy atom. The molecule has 8 nitrogen and oxygen atoms in total. The van der Waals surface area contributed by atoms with Gasteiger partial charge in [0.05, 0.1) is 23.0 Å². The van der Waals surface area contributed by atoms with Gasteiger partial charge in [0.15, 0.2) is 5.78 Å². The maximum Gasteiger partial charge on any atom is 0.206 e. The average Bonchev–Trinajstić information content (AvgIpc) is 3.41. The Hall–Kier alpha value is -3.53. The maximum absolute atomic E-state index is 13.2. The van der Waals surface area contributed by atoms with Crippen molar-refractivity contribution in [2.24, 2.45) is 0 Å². The third-order valence-electron chi connectivity index (χ3n) is 6.48. The number of pyridine rings is 1. The molecule has 4 aromatic rings. The molecule has 37 heavy (non-hydrogen) atoms. The Morgan fingerprint density at radius 2 is 1.81 bits per heavy atom. The summed E-state index contributed by atoms with van der Waals surface area (Å²) < 4.78 is 39.4. The second kappa shape index (κ2) is 11.2. The van der Waals surface area contributed by atoms with Crippen LogP contribution in [0, 0.1) is 0 Å². The molecule has 192 valence electrons. The number of ether oxygens (including phenoxy) is 2. The summed E-state index contributed by atoms with van der Waals surface area (Å²) >= 11 is 0. The zero-order valence-corrected chi connectivity index (χ0v) is 21.3. The van der Waals surface area contributed by atoms with E-state index in [1.165, 1.54) is 0 Å². The molecule has 0 aliphatic carbocycles. The van der Waals surface area contributed by atoms with Crippen LogP contribution in [-0.4, -0.2) is 67.9 Å². The summed E-state index contributed by atoms with van der Waals surface area (Å²) in [5, 5.41) is 0. The fourth-order valence-corrected chi connectivity index (χ4v) is 5.60. The van der Waals surface area contributed by atoms with Gasteiger partial charge in [0, 0.05) is 50.2 Å². The van der Waals surface area contributed by atoms with Crippen LogP contribution in [0.25, 0.3) is 5.65 Å². The van der Waals surface area contributed by atoms with E-state index in [0.29, 0.717) is 30.8 Å². The molecule has 3 heterocycles. The van der Waals surface area contributed by atoms with Crippen LogP contribution in [0.3, 0.4) is 0 Å². The number of sulfone groups is 1. The average molecular weight is 520 g/mol. The first-order chi connectivity index (χ1) is 18.0. The zero-order chi connectivity index (χ0) is 25.7. The Bertz CT molecular complexity index is 1480. The van der Waals surface area contributed by atoms with Crippen LogP contribution >= 0.6 is 0 Å². The summed E-state index contributed by atoms with van der Waals surface area (Å²) in [6.07, 6.45) is 6.12. The van der Waals surface area contributed by atoms with Crippen molar-refractivity contribution < 1.29 is 22.7 Å². The summed E-state index contributed by atoms with van der Waals surface area (Å²) in [7, 11) is -3.70. The number of benzene rings is 2. The minimum Gasteiger partial charge on any atom is -0.492 e. The molecule has 2 aromatic carbocycles. The minimum atomic E-state index is -3.70. The maximum atomic E-state index is 13.2. The van der Waals surface area contributed by atoms with Crippen molar-refractivity contribution in [2.45, 2.75) is 22.6 Å². The highest BCUT2D eigenvalue weighted by Crippen LogP contribution is 2.25.